The summed E-state index contributed by atoms with van der Waals surface area (Å²) in [6.45, 7) is 0. The first-order valence-corrected chi connectivity index (χ1v) is 7.08. The molecular weight excluding hydrogens is 280 g/mol. The van der Waals surface area contributed by atoms with Gasteiger partial charge in [-0.15, -0.1) is 5.10 Å². The van der Waals surface area contributed by atoms with Crippen molar-refractivity contribution in [3.63, 3.8) is 0 Å². The number of hydrogen-bond donors (Lipinski definition) is 2. The van der Waals surface area contributed by atoms with Gasteiger partial charge < -0.3 is 11.1 Å². The van der Waals surface area contributed by atoms with E-state index >= 15 is 0 Å². The monoisotopic (exact) mass is 294 g/mol. The van der Waals surface area contributed by atoms with Crippen LogP contribution in [0, 0.1) is 0 Å². The number of anilines is 1. The van der Waals surface area contributed by atoms with Crippen LogP contribution < -0.4 is 11.1 Å². The van der Waals surface area contributed by atoms with Crippen LogP contribution in [-0.4, -0.2) is 31.5 Å². The minimum atomic E-state index is -0.134. The summed E-state index contributed by atoms with van der Waals surface area (Å²) < 4.78 is 1.53. The first kappa shape index (κ1) is 12.8. The molecule has 1 aliphatic rings. The highest BCUT2D eigenvalue weighted by Crippen LogP contribution is 2.27. The van der Waals surface area contributed by atoms with Gasteiger partial charge in [-0.25, -0.2) is 9.50 Å². The van der Waals surface area contributed by atoms with Crippen LogP contribution in [0.3, 0.4) is 0 Å². The average Bonchev–Trinajstić information content (AvgIpc) is 3.27. The highest BCUT2D eigenvalue weighted by atomic mass is 16.1. The number of nitrogen functional groups attached to an aromatic ring is 1. The van der Waals surface area contributed by atoms with E-state index in [1.807, 2.05) is 18.2 Å². The van der Waals surface area contributed by atoms with E-state index in [4.69, 9.17) is 5.73 Å². The number of aromatic nitrogens is 4. The van der Waals surface area contributed by atoms with Gasteiger partial charge in [-0.1, -0.05) is 6.07 Å². The number of nitrogens with one attached hydrogen (secondary N) is 1. The maximum atomic E-state index is 12.1. The van der Waals surface area contributed by atoms with Crippen molar-refractivity contribution in [3.05, 3.63) is 42.4 Å². The fraction of sp³-hybridized carbons (Fsp3) is 0.200. The Morgan fingerprint density at radius 1 is 1.32 bits per heavy atom. The molecule has 3 N–H and O–H groups in total. The van der Waals surface area contributed by atoms with Gasteiger partial charge >= 0.3 is 0 Å². The van der Waals surface area contributed by atoms with Gasteiger partial charge in [0, 0.05) is 24.6 Å². The lowest BCUT2D eigenvalue weighted by Crippen LogP contribution is -2.25. The second-order valence-corrected chi connectivity index (χ2v) is 5.33. The zero-order valence-corrected chi connectivity index (χ0v) is 11.7. The summed E-state index contributed by atoms with van der Waals surface area (Å²) in [7, 11) is 0. The maximum Gasteiger partial charge on any atom is 0.254 e. The summed E-state index contributed by atoms with van der Waals surface area (Å²) in [5, 5.41) is 7.16. The first-order valence-electron chi connectivity index (χ1n) is 7.08. The van der Waals surface area contributed by atoms with Gasteiger partial charge in [0.25, 0.3) is 5.91 Å². The molecule has 0 saturated heterocycles. The maximum absolute atomic E-state index is 12.1. The number of carbonyl (C=O) groups excluding carboxylic acids is 1. The van der Waals surface area contributed by atoms with Crippen molar-refractivity contribution in [1.82, 2.24) is 24.9 Å². The van der Waals surface area contributed by atoms with Gasteiger partial charge in [0.2, 0.25) is 0 Å². The summed E-state index contributed by atoms with van der Waals surface area (Å²) in [6, 6.07) is 5.86. The van der Waals surface area contributed by atoms with Gasteiger partial charge in [-0.05, 0) is 25.0 Å². The van der Waals surface area contributed by atoms with Crippen LogP contribution in [0.25, 0.3) is 16.9 Å². The Morgan fingerprint density at radius 3 is 2.91 bits per heavy atom. The third-order valence-electron chi connectivity index (χ3n) is 3.60. The lowest BCUT2D eigenvalue weighted by molar-refractivity contribution is 0.0950. The predicted octanol–water partition coefficient (Wildman–Crippen LogP) is 1.27. The van der Waals surface area contributed by atoms with Crippen LogP contribution in [0.15, 0.2) is 36.8 Å². The Kier molecular flexibility index (Phi) is 2.78. The van der Waals surface area contributed by atoms with Crippen molar-refractivity contribution in [1.29, 1.82) is 0 Å². The number of hydrogen-bond acceptors (Lipinski definition) is 5. The second kappa shape index (κ2) is 4.80. The van der Waals surface area contributed by atoms with E-state index in [1.54, 1.807) is 18.6 Å². The van der Waals surface area contributed by atoms with Crippen molar-refractivity contribution in [3.8, 4) is 11.3 Å². The molecule has 7 nitrogen and oxygen atoms in total. The molecule has 3 aromatic heterocycles. The number of carbonyl (C=O) groups is 1. The van der Waals surface area contributed by atoms with Gasteiger partial charge in [-0.2, -0.15) is 0 Å². The van der Waals surface area contributed by atoms with Crippen LogP contribution in [0.5, 0.6) is 0 Å². The van der Waals surface area contributed by atoms with Gasteiger partial charge in [0.1, 0.15) is 0 Å². The lowest BCUT2D eigenvalue weighted by Gasteiger charge is -2.03. The normalized spacial score (nSPS) is 14.2. The average molecular weight is 294 g/mol. The van der Waals surface area contributed by atoms with Crippen molar-refractivity contribution in [2.24, 2.45) is 0 Å². The number of rotatable bonds is 3. The SMILES string of the molecule is Nc1nn2cc(C(=O)NC3CC3)cnc2c1-c1ccccn1. The molecule has 7 heteroatoms. The molecule has 110 valence electrons. The van der Waals surface area contributed by atoms with Crippen LogP contribution in [0.1, 0.15) is 23.2 Å². The Hall–Kier alpha value is -2.96. The molecule has 1 amide bonds. The fourth-order valence-corrected chi connectivity index (χ4v) is 2.32. The molecule has 1 fully saturated rings. The van der Waals surface area contributed by atoms with Crippen molar-refractivity contribution in [2.75, 3.05) is 5.73 Å². The number of nitrogens with two attached hydrogens (primary N) is 1. The first-order chi connectivity index (χ1) is 10.7. The highest BCUT2D eigenvalue weighted by Gasteiger charge is 2.24. The quantitative estimate of drug-likeness (QED) is 0.758. The summed E-state index contributed by atoms with van der Waals surface area (Å²) in [6.07, 6.45) is 6.96. The third-order valence-corrected chi connectivity index (χ3v) is 3.60. The number of nitrogens with zero attached hydrogens (tertiary/aromatic N) is 4. The van der Waals surface area contributed by atoms with Crippen molar-refractivity contribution >= 4 is 17.4 Å². The van der Waals surface area contributed by atoms with Crippen LogP contribution in [-0.2, 0) is 0 Å². The Labute approximate surface area is 126 Å². The molecule has 1 saturated carbocycles. The summed E-state index contributed by atoms with van der Waals surface area (Å²) in [5.74, 6) is 0.205. The van der Waals surface area contributed by atoms with E-state index in [0.29, 0.717) is 34.3 Å². The molecule has 0 aliphatic heterocycles. The minimum Gasteiger partial charge on any atom is -0.382 e. The summed E-state index contributed by atoms with van der Waals surface area (Å²) >= 11 is 0. The molecule has 22 heavy (non-hydrogen) atoms. The molecule has 0 bridgehead atoms. The molecule has 0 spiro atoms. The number of pyridine rings is 1. The Morgan fingerprint density at radius 2 is 2.18 bits per heavy atom. The minimum absolute atomic E-state index is 0.134. The molecule has 0 atom stereocenters. The van der Waals surface area contributed by atoms with E-state index in [2.05, 4.69) is 20.4 Å². The molecule has 4 rings (SSSR count). The highest BCUT2D eigenvalue weighted by molar-refractivity contribution is 5.94. The van der Waals surface area contributed by atoms with Crippen molar-refractivity contribution < 1.29 is 4.79 Å². The molecule has 0 aromatic carbocycles. The van der Waals surface area contributed by atoms with Crippen LogP contribution in [0.2, 0.25) is 0 Å². The van der Waals surface area contributed by atoms with Crippen molar-refractivity contribution in [2.45, 2.75) is 18.9 Å². The second-order valence-electron chi connectivity index (χ2n) is 5.33. The zero-order chi connectivity index (χ0) is 15.1. The zero-order valence-electron chi connectivity index (χ0n) is 11.7. The predicted molar refractivity (Wildman–Crippen MR) is 81.1 cm³/mol. The van der Waals surface area contributed by atoms with E-state index in [0.717, 1.165) is 12.8 Å². The van der Waals surface area contributed by atoms with E-state index < -0.39 is 0 Å². The molecule has 0 radical (unpaired) electrons. The fourth-order valence-electron chi connectivity index (χ4n) is 2.32. The van der Waals surface area contributed by atoms with E-state index in [1.165, 1.54) is 4.52 Å². The van der Waals surface area contributed by atoms with Gasteiger partial charge in [-0.3, -0.25) is 9.78 Å². The topological polar surface area (TPSA) is 98.2 Å². The summed E-state index contributed by atoms with van der Waals surface area (Å²) in [5.41, 5.74) is 8.42. The molecule has 0 unspecified atom stereocenters. The van der Waals surface area contributed by atoms with Crippen LogP contribution in [0.4, 0.5) is 5.82 Å². The molecule has 3 aromatic rings. The Bertz CT molecular complexity index is 853. The Balaban J connectivity index is 1.77. The van der Waals surface area contributed by atoms with Gasteiger partial charge in [0.15, 0.2) is 11.5 Å². The lowest BCUT2D eigenvalue weighted by atomic mass is 10.2. The molecule has 1 aliphatic carbocycles. The number of fused-ring (bicyclic) bond motifs is 1. The molecule has 3 heterocycles. The largest absolute Gasteiger partial charge is 0.382 e. The number of amides is 1. The molecular formula is C15H14N6O. The summed E-state index contributed by atoms with van der Waals surface area (Å²) in [4.78, 5) is 20.7. The van der Waals surface area contributed by atoms with Crippen LogP contribution >= 0.6 is 0 Å². The third kappa shape index (κ3) is 2.16. The smallest absolute Gasteiger partial charge is 0.254 e. The standard InChI is InChI=1S/C15H14N6O/c16-13-12(11-3-1-2-6-17-11)14-18-7-9(8-21(14)20-13)15(22)19-10-4-5-10/h1-3,6-8,10H,4-5H2,(H2,16,20)(H,19,22). The van der Waals surface area contributed by atoms with E-state index in [-0.39, 0.29) is 5.91 Å². The van der Waals surface area contributed by atoms with Gasteiger partial charge in [0.05, 0.1) is 16.8 Å². The van der Waals surface area contributed by atoms with E-state index in [9.17, 15) is 4.79 Å².